The van der Waals surface area contributed by atoms with Gasteiger partial charge in [0.1, 0.15) is 6.29 Å². The molecule has 2 rings (SSSR count). The average molecular weight is 294 g/mol. The first-order chi connectivity index (χ1) is 10.6. The van der Waals surface area contributed by atoms with Gasteiger partial charge in [0.2, 0.25) is 0 Å². The molecule has 2 aromatic carbocycles. The minimum absolute atomic E-state index is 0.0461. The minimum atomic E-state index is 0.0461. The summed E-state index contributed by atoms with van der Waals surface area (Å²) in [6.45, 7) is 4.24. The third-order valence-electron chi connectivity index (χ3n) is 4.12. The second-order valence-corrected chi connectivity index (χ2v) is 5.96. The molecular weight excluding hydrogens is 272 g/mol. The molecule has 2 nitrogen and oxygen atoms in total. The molecule has 0 spiro atoms. The van der Waals surface area contributed by atoms with E-state index in [1.54, 1.807) is 0 Å². The smallest absolute Gasteiger partial charge is 0.193 e. The zero-order chi connectivity index (χ0) is 15.9. The van der Waals surface area contributed by atoms with Crippen LogP contribution in [-0.4, -0.2) is 12.1 Å². The molecule has 0 saturated heterocycles. The second-order valence-electron chi connectivity index (χ2n) is 5.96. The van der Waals surface area contributed by atoms with E-state index in [-0.39, 0.29) is 11.7 Å². The maximum Gasteiger partial charge on any atom is 0.193 e. The van der Waals surface area contributed by atoms with E-state index in [1.165, 1.54) is 0 Å². The van der Waals surface area contributed by atoms with Gasteiger partial charge in [0.25, 0.3) is 0 Å². The third-order valence-corrected chi connectivity index (χ3v) is 4.12. The first kappa shape index (κ1) is 16.2. The van der Waals surface area contributed by atoms with E-state index >= 15 is 0 Å². The molecule has 0 unspecified atom stereocenters. The molecular formula is C20H22O2. The van der Waals surface area contributed by atoms with Crippen molar-refractivity contribution in [2.45, 2.75) is 26.7 Å². The summed E-state index contributed by atoms with van der Waals surface area (Å²) in [5, 5.41) is 0. The number of ketones is 1. The molecule has 114 valence electrons. The van der Waals surface area contributed by atoms with Gasteiger partial charge in [-0.1, -0.05) is 68.4 Å². The Balaban J connectivity index is 2.30. The van der Waals surface area contributed by atoms with E-state index < -0.39 is 0 Å². The van der Waals surface area contributed by atoms with E-state index in [4.69, 9.17) is 0 Å². The Bertz CT molecular complexity index is 629. The van der Waals surface area contributed by atoms with Gasteiger partial charge >= 0.3 is 0 Å². The van der Waals surface area contributed by atoms with Crippen LogP contribution in [0.3, 0.4) is 0 Å². The van der Waals surface area contributed by atoms with Crippen LogP contribution in [0.1, 0.15) is 41.8 Å². The van der Waals surface area contributed by atoms with Crippen molar-refractivity contribution in [3.63, 3.8) is 0 Å². The van der Waals surface area contributed by atoms with Crippen molar-refractivity contribution in [3.05, 3.63) is 71.3 Å². The zero-order valence-electron chi connectivity index (χ0n) is 13.2. The summed E-state index contributed by atoms with van der Waals surface area (Å²) in [7, 11) is 0. The molecule has 0 heterocycles. The summed E-state index contributed by atoms with van der Waals surface area (Å²) in [5.74, 6) is 0.720. The van der Waals surface area contributed by atoms with E-state index in [2.05, 4.69) is 13.8 Å². The van der Waals surface area contributed by atoms with Crippen LogP contribution in [0, 0.1) is 11.8 Å². The van der Waals surface area contributed by atoms with Crippen molar-refractivity contribution in [1.29, 1.82) is 0 Å². The Kier molecular flexibility index (Phi) is 5.65. The number of hydrogen-bond donors (Lipinski definition) is 0. The summed E-state index contributed by atoms with van der Waals surface area (Å²) in [5.41, 5.74) is 2.47. The molecule has 2 aromatic rings. The largest absolute Gasteiger partial charge is 0.303 e. The van der Waals surface area contributed by atoms with Gasteiger partial charge in [-0.2, -0.15) is 0 Å². The van der Waals surface area contributed by atoms with Crippen LogP contribution in [0.2, 0.25) is 0 Å². The fourth-order valence-electron chi connectivity index (χ4n) is 2.66. The van der Waals surface area contributed by atoms with Gasteiger partial charge in [-0.25, -0.2) is 0 Å². The fraction of sp³-hybridized carbons (Fsp3) is 0.300. The van der Waals surface area contributed by atoms with Crippen molar-refractivity contribution >= 4 is 12.1 Å². The van der Waals surface area contributed by atoms with E-state index in [1.807, 2.05) is 54.6 Å². The summed E-state index contributed by atoms with van der Waals surface area (Å²) in [4.78, 5) is 23.6. The molecule has 0 aliphatic heterocycles. The number of hydrogen-bond acceptors (Lipinski definition) is 2. The third kappa shape index (κ3) is 3.91. The summed E-state index contributed by atoms with van der Waals surface area (Å²) in [6.07, 6.45) is 2.27. The first-order valence-corrected chi connectivity index (χ1v) is 7.74. The molecule has 0 fully saturated rings. The highest BCUT2D eigenvalue weighted by atomic mass is 16.1. The molecule has 0 amide bonds. The minimum Gasteiger partial charge on any atom is -0.303 e. The second kappa shape index (κ2) is 7.69. The highest BCUT2D eigenvalue weighted by molar-refractivity contribution is 6.09. The lowest BCUT2D eigenvalue weighted by Gasteiger charge is -2.20. The van der Waals surface area contributed by atoms with Gasteiger partial charge in [-0.15, -0.1) is 0 Å². The Morgan fingerprint density at radius 1 is 1.00 bits per heavy atom. The van der Waals surface area contributed by atoms with Gasteiger partial charge in [0, 0.05) is 17.5 Å². The lowest BCUT2D eigenvalue weighted by atomic mass is 9.84. The standard InChI is InChI=1S/C20H22O2/c1-15(2)17(12-13-21)14-18-10-6-7-11-19(18)20(22)16-8-4-3-5-9-16/h3-11,13,15,17H,12,14H2,1-2H3/t17-/m1/s1. The normalized spacial score (nSPS) is 12.1. The summed E-state index contributed by atoms with van der Waals surface area (Å²) >= 11 is 0. The van der Waals surface area contributed by atoms with Crippen molar-refractivity contribution in [2.75, 3.05) is 0 Å². The zero-order valence-corrected chi connectivity index (χ0v) is 13.2. The Morgan fingerprint density at radius 3 is 2.27 bits per heavy atom. The monoisotopic (exact) mass is 294 g/mol. The van der Waals surface area contributed by atoms with Crippen LogP contribution in [0.4, 0.5) is 0 Å². The van der Waals surface area contributed by atoms with E-state index in [0.29, 0.717) is 17.9 Å². The molecule has 1 atom stereocenters. The number of rotatable bonds is 7. The van der Waals surface area contributed by atoms with E-state index in [9.17, 15) is 9.59 Å². The Morgan fingerprint density at radius 2 is 1.64 bits per heavy atom. The van der Waals surface area contributed by atoms with Gasteiger partial charge < -0.3 is 4.79 Å². The van der Waals surface area contributed by atoms with Gasteiger partial charge in [0.15, 0.2) is 5.78 Å². The van der Waals surface area contributed by atoms with Crippen LogP contribution in [0.15, 0.2) is 54.6 Å². The topological polar surface area (TPSA) is 34.1 Å². The Labute approximate surface area is 132 Å². The predicted molar refractivity (Wildman–Crippen MR) is 89.0 cm³/mol. The number of benzene rings is 2. The van der Waals surface area contributed by atoms with Crippen molar-refractivity contribution in [3.8, 4) is 0 Å². The lowest BCUT2D eigenvalue weighted by Crippen LogP contribution is -2.15. The average Bonchev–Trinajstić information content (AvgIpc) is 2.55. The van der Waals surface area contributed by atoms with Gasteiger partial charge in [0.05, 0.1) is 0 Å². The molecule has 0 N–H and O–H groups in total. The summed E-state index contributed by atoms with van der Waals surface area (Å²) < 4.78 is 0. The highest BCUT2D eigenvalue weighted by Crippen LogP contribution is 2.23. The van der Waals surface area contributed by atoms with Crippen LogP contribution in [0.5, 0.6) is 0 Å². The summed E-state index contributed by atoms with van der Waals surface area (Å²) in [6, 6.07) is 17.0. The number of carbonyl (C=O) groups excluding carboxylic acids is 2. The molecule has 22 heavy (non-hydrogen) atoms. The fourth-order valence-corrected chi connectivity index (χ4v) is 2.66. The molecule has 2 heteroatoms. The maximum absolute atomic E-state index is 12.7. The van der Waals surface area contributed by atoms with Crippen molar-refractivity contribution < 1.29 is 9.59 Å². The Hall–Kier alpha value is -2.22. The molecule has 0 radical (unpaired) electrons. The maximum atomic E-state index is 12.7. The van der Waals surface area contributed by atoms with Crippen LogP contribution in [-0.2, 0) is 11.2 Å². The van der Waals surface area contributed by atoms with Gasteiger partial charge in [-0.05, 0) is 23.8 Å². The van der Waals surface area contributed by atoms with Crippen LogP contribution >= 0.6 is 0 Å². The van der Waals surface area contributed by atoms with Crippen LogP contribution in [0.25, 0.3) is 0 Å². The predicted octanol–water partition coefficient (Wildman–Crippen LogP) is 4.32. The molecule has 0 aliphatic carbocycles. The van der Waals surface area contributed by atoms with Crippen molar-refractivity contribution in [2.24, 2.45) is 11.8 Å². The van der Waals surface area contributed by atoms with Gasteiger partial charge in [-0.3, -0.25) is 4.79 Å². The molecule has 0 bridgehead atoms. The first-order valence-electron chi connectivity index (χ1n) is 7.74. The van der Waals surface area contributed by atoms with Crippen LogP contribution < -0.4 is 0 Å². The molecule has 0 aliphatic rings. The highest BCUT2D eigenvalue weighted by Gasteiger charge is 2.18. The number of aldehydes is 1. The SMILES string of the molecule is CC(C)[C@H](CC=O)Cc1ccccc1C(=O)c1ccccc1. The quantitative estimate of drug-likeness (QED) is 0.563. The lowest BCUT2D eigenvalue weighted by molar-refractivity contribution is -0.108. The van der Waals surface area contributed by atoms with E-state index in [0.717, 1.165) is 23.8 Å². The van der Waals surface area contributed by atoms with Crippen molar-refractivity contribution in [1.82, 2.24) is 0 Å². The molecule has 0 aromatic heterocycles. The molecule has 0 saturated carbocycles. The number of carbonyl (C=O) groups is 2.